The Hall–Kier alpha value is -2.14. The van der Waals surface area contributed by atoms with Gasteiger partial charge in [0.05, 0.1) is 37.8 Å². The Bertz CT molecular complexity index is 508. The quantitative estimate of drug-likeness (QED) is 0.289. The van der Waals surface area contributed by atoms with Crippen LogP contribution >= 0.6 is 0 Å². The Morgan fingerprint density at radius 1 is 0.773 bits per heavy atom. The third-order valence-electron chi connectivity index (χ3n) is 3.07. The highest BCUT2D eigenvalue weighted by atomic mass is 16.3. The normalized spacial score (nSPS) is 11.2. The highest BCUT2D eigenvalue weighted by Crippen LogP contribution is 2.24. The molecule has 22 heavy (non-hydrogen) atoms. The van der Waals surface area contributed by atoms with Crippen molar-refractivity contribution in [3.05, 3.63) is 22.8 Å². The van der Waals surface area contributed by atoms with E-state index in [1.807, 2.05) is 0 Å². The summed E-state index contributed by atoms with van der Waals surface area (Å²) in [4.78, 5) is 30.5. The van der Waals surface area contributed by atoms with E-state index < -0.39 is 61.5 Å². The van der Waals surface area contributed by atoms with Crippen LogP contribution in [0.4, 0.5) is 0 Å². The molecule has 0 aliphatic heterocycles. The molecule has 1 aromatic heterocycles. The summed E-state index contributed by atoms with van der Waals surface area (Å²) in [6.45, 7) is -2.13. The second kappa shape index (κ2) is 7.75. The molecule has 0 aromatic carbocycles. The summed E-state index contributed by atoms with van der Waals surface area (Å²) < 4.78 is 0. The van der Waals surface area contributed by atoms with E-state index in [4.69, 9.17) is 11.5 Å². The number of hydrogen-bond donors (Lipinski definition) is 6. The molecule has 0 saturated heterocycles. The topological polar surface area (TPSA) is 193 Å². The van der Waals surface area contributed by atoms with Crippen molar-refractivity contribution in [3.8, 4) is 0 Å². The lowest BCUT2D eigenvalue weighted by molar-refractivity contribution is 0.0957. The number of aliphatic hydroxyl groups is 4. The van der Waals surface area contributed by atoms with Gasteiger partial charge in [0.25, 0.3) is 11.8 Å². The highest BCUT2D eigenvalue weighted by molar-refractivity contribution is 6.03. The predicted molar refractivity (Wildman–Crippen MR) is 72.9 cm³/mol. The van der Waals surface area contributed by atoms with Crippen molar-refractivity contribution < 1.29 is 30.0 Å². The molecular formula is C12H18N4O6. The number of primary amides is 2. The van der Waals surface area contributed by atoms with Gasteiger partial charge in [-0.1, -0.05) is 0 Å². The van der Waals surface area contributed by atoms with E-state index in [1.165, 1.54) is 0 Å². The van der Waals surface area contributed by atoms with E-state index in [0.717, 1.165) is 0 Å². The molecule has 0 radical (unpaired) electrons. The summed E-state index contributed by atoms with van der Waals surface area (Å²) in [6.07, 6.45) is 0. The number of aliphatic hydroxyl groups excluding tert-OH is 4. The first-order chi connectivity index (χ1) is 10.4. The third-order valence-corrected chi connectivity index (χ3v) is 3.07. The molecule has 1 heterocycles. The van der Waals surface area contributed by atoms with Gasteiger partial charge in [-0.05, 0) is 0 Å². The molecule has 0 aliphatic carbocycles. The first-order valence-corrected chi connectivity index (χ1v) is 6.36. The number of aromatic nitrogens is 2. The first kappa shape index (κ1) is 17.9. The van der Waals surface area contributed by atoms with Gasteiger partial charge in [0.2, 0.25) is 0 Å². The van der Waals surface area contributed by atoms with Gasteiger partial charge in [-0.25, -0.2) is 9.97 Å². The summed E-state index contributed by atoms with van der Waals surface area (Å²) in [6, 6.07) is 0. The number of carbonyl (C=O) groups is 2. The largest absolute Gasteiger partial charge is 0.396 e. The molecule has 0 bridgehead atoms. The Morgan fingerprint density at radius 3 is 1.23 bits per heavy atom. The summed E-state index contributed by atoms with van der Waals surface area (Å²) in [7, 11) is 0. The maximum atomic E-state index is 11.4. The second-order valence-electron chi connectivity index (χ2n) is 4.54. The standard InChI is InChI=1S/C12H18N4O6/c13-11(21)9-10(12(14)22)16-8(6(3-19)4-20)7(15-9)5(1-17)2-18/h5-6,17-20H,1-4H2,(H2,13,21)(H2,14,22). The van der Waals surface area contributed by atoms with Crippen LogP contribution in [0.15, 0.2) is 0 Å². The second-order valence-corrected chi connectivity index (χ2v) is 4.54. The lowest BCUT2D eigenvalue weighted by Gasteiger charge is -2.20. The zero-order chi connectivity index (χ0) is 16.9. The molecule has 0 atom stereocenters. The van der Waals surface area contributed by atoms with Gasteiger partial charge in [-0.3, -0.25) is 9.59 Å². The molecule has 0 unspecified atom stereocenters. The fraction of sp³-hybridized carbons (Fsp3) is 0.500. The van der Waals surface area contributed by atoms with E-state index in [1.54, 1.807) is 0 Å². The number of hydrogen-bond acceptors (Lipinski definition) is 8. The van der Waals surface area contributed by atoms with Crippen molar-refractivity contribution in [2.75, 3.05) is 26.4 Å². The molecule has 8 N–H and O–H groups in total. The van der Waals surface area contributed by atoms with Crippen LogP contribution in [0.25, 0.3) is 0 Å². The maximum absolute atomic E-state index is 11.4. The zero-order valence-corrected chi connectivity index (χ0v) is 11.6. The lowest BCUT2D eigenvalue weighted by atomic mass is 9.96. The molecular weight excluding hydrogens is 296 g/mol. The number of nitrogens with two attached hydrogens (primary N) is 2. The zero-order valence-electron chi connectivity index (χ0n) is 11.6. The molecule has 0 aliphatic rings. The fourth-order valence-electron chi connectivity index (χ4n) is 1.87. The maximum Gasteiger partial charge on any atom is 0.269 e. The molecule has 10 heteroatoms. The number of nitrogens with zero attached hydrogens (tertiary/aromatic N) is 2. The molecule has 0 fully saturated rings. The van der Waals surface area contributed by atoms with Crippen LogP contribution in [0.3, 0.4) is 0 Å². The van der Waals surface area contributed by atoms with Gasteiger partial charge in [0.1, 0.15) is 0 Å². The van der Waals surface area contributed by atoms with Gasteiger partial charge in [0, 0.05) is 11.8 Å². The first-order valence-electron chi connectivity index (χ1n) is 6.36. The minimum atomic E-state index is -1.06. The molecule has 122 valence electrons. The summed E-state index contributed by atoms with van der Waals surface area (Å²) in [5.74, 6) is -3.98. The molecule has 0 spiro atoms. The minimum absolute atomic E-state index is 0.0445. The van der Waals surface area contributed by atoms with E-state index in [0.29, 0.717) is 0 Å². The van der Waals surface area contributed by atoms with Crippen molar-refractivity contribution in [2.24, 2.45) is 11.5 Å². The number of amides is 2. The highest BCUT2D eigenvalue weighted by Gasteiger charge is 2.28. The monoisotopic (exact) mass is 314 g/mol. The molecule has 1 rings (SSSR count). The van der Waals surface area contributed by atoms with Crippen molar-refractivity contribution in [3.63, 3.8) is 0 Å². The van der Waals surface area contributed by atoms with Crippen molar-refractivity contribution in [1.82, 2.24) is 9.97 Å². The summed E-state index contributed by atoms with van der Waals surface area (Å²) >= 11 is 0. The van der Waals surface area contributed by atoms with Crippen LogP contribution in [-0.4, -0.2) is 68.6 Å². The molecule has 0 saturated carbocycles. The van der Waals surface area contributed by atoms with E-state index in [2.05, 4.69) is 9.97 Å². The Balaban J connectivity index is 3.66. The van der Waals surface area contributed by atoms with E-state index >= 15 is 0 Å². The van der Waals surface area contributed by atoms with Crippen molar-refractivity contribution >= 4 is 11.8 Å². The van der Waals surface area contributed by atoms with Crippen LogP contribution in [0, 0.1) is 0 Å². The van der Waals surface area contributed by atoms with E-state index in [-0.39, 0.29) is 11.4 Å². The third kappa shape index (κ3) is 3.54. The van der Waals surface area contributed by atoms with Gasteiger partial charge >= 0.3 is 0 Å². The molecule has 10 nitrogen and oxygen atoms in total. The van der Waals surface area contributed by atoms with E-state index in [9.17, 15) is 30.0 Å². The van der Waals surface area contributed by atoms with Crippen LogP contribution < -0.4 is 11.5 Å². The van der Waals surface area contributed by atoms with Crippen LogP contribution in [0.2, 0.25) is 0 Å². The molecule has 1 aromatic rings. The van der Waals surface area contributed by atoms with Crippen molar-refractivity contribution in [2.45, 2.75) is 11.8 Å². The van der Waals surface area contributed by atoms with Crippen LogP contribution in [0.5, 0.6) is 0 Å². The average Bonchev–Trinajstić information content (AvgIpc) is 2.49. The van der Waals surface area contributed by atoms with Gasteiger partial charge in [0.15, 0.2) is 11.4 Å². The van der Waals surface area contributed by atoms with Crippen LogP contribution in [-0.2, 0) is 0 Å². The lowest BCUT2D eigenvalue weighted by Crippen LogP contribution is -2.29. The number of carbonyl (C=O) groups excluding carboxylic acids is 2. The number of rotatable bonds is 8. The smallest absolute Gasteiger partial charge is 0.269 e. The van der Waals surface area contributed by atoms with Gasteiger partial charge in [-0.15, -0.1) is 0 Å². The van der Waals surface area contributed by atoms with Crippen molar-refractivity contribution in [1.29, 1.82) is 0 Å². The van der Waals surface area contributed by atoms with Gasteiger partial charge < -0.3 is 31.9 Å². The van der Waals surface area contributed by atoms with Gasteiger partial charge in [-0.2, -0.15) is 0 Å². The minimum Gasteiger partial charge on any atom is -0.396 e. The summed E-state index contributed by atoms with van der Waals surface area (Å²) in [5, 5.41) is 37.1. The summed E-state index contributed by atoms with van der Waals surface area (Å²) in [5.41, 5.74) is 9.14. The average molecular weight is 314 g/mol. The van der Waals surface area contributed by atoms with Crippen LogP contribution in [0.1, 0.15) is 44.2 Å². The Labute approximate surface area is 125 Å². The Morgan fingerprint density at radius 2 is 1.05 bits per heavy atom. The molecule has 2 amide bonds. The predicted octanol–water partition coefficient (Wildman–Crippen LogP) is -3.19. The SMILES string of the molecule is NC(=O)c1nc(C(CO)CO)c(C(CO)CO)nc1C(N)=O. The fourth-order valence-corrected chi connectivity index (χ4v) is 1.87. The Kier molecular flexibility index (Phi) is 6.31.